The van der Waals surface area contributed by atoms with Crippen LogP contribution in [0.3, 0.4) is 0 Å². The van der Waals surface area contributed by atoms with Crippen LogP contribution < -0.4 is 0 Å². The summed E-state index contributed by atoms with van der Waals surface area (Å²) in [5.74, 6) is 0. The summed E-state index contributed by atoms with van der Waals surface area (Å²) in [7, 11) is 0. The molecule has 0 atom stereocenters. The highest BCUT2D eigenvalue weighted by atomic mass is 35.5. The van der Waals surface area contributed by atoms with Crippen LogP contribution in [0.4, 0.5) is 0 Å². The molecule has 0 amide bonds. The second-order valence-electron chi connectivity index (χ2n) is 3.81. The zero-order chi connectivity index (χ0) is 10.8. The van der Waals surface area contributed by atoms with Gasteiger partial charge in [0.1, 0.15) is 0 Å². The molecule has 82 valence electrons. The molecule has 1 aromatic rings. The van der Waals surface area contributed by atoms with Gasteiger partial charge in [-0.1, -0.05) is 29.3 Å². The van der Waals surface area contributed by atoms with E-state index in [0.29, 0.717) is 16.7 Å². The molecule has 2 rings (SSSR count). The number of aliphatic hydroxyl groups is 1. The molecule has 1 saturated carbocycles. The van der Waals surface area contributed by atoms with E-state index in [1.54, 1.807) is 12.1 Å². The minimum Gasteiger partial charge on any atom is -0.393 e. The van der Waals surface area contributed by atoms with Gasteiger partial charge in [0.25, 0.3) is 0 Å². The van der Waals surface area contributed by atoms with Crippen LogP contribution in [0.15, 0.2) is 18.2 Å². The van der Waals surface area contributed by atoms with Crippen molar-refractivity contribution in [3.63, 3.8) is 0 Å². The van der Waals surface area contributed by atoms with E-state index in [0.717, 1.165) is 18.4 Å². The van der Waals surface area contributed by atoms with Crippen molar-refractivity contribution in [2.24, 2.45) is 0 Å². The molecular formula is C11H12Cl2O2. The molecule has 0 aliphatic heterocycles. The van der Waals surface area contributed by atoms with Gasteiger partial charge >= 0.3 is 0 Å². The third-order valence-electron chi connectivity index (χ3n) is 2.54. The number of benzene rings is 1. The average molecular weight is 247 g/mol. The Balaban J connectivity index is 1.86. The Kier molecular flexibility index (Phi) is 3.52. The number of hydrogen-bond donors (Lipinski definition) is 1. The van der Waals surface area contributed by atoms with E-state index in [-0.39, 0.29) is 12.2 Å². The van der Waals surface area contributed by atoms with Crippen molar-refractivity contribution < 1.29 is 9.84 Å². The molecule has 1 aliphatic carbocycles. The maximum Gasteiger partial charge on any atom is 0.0721 e. The highest BCUT2D eigenvalue weighted by Gasteiger charge is 2.27. The maximum atomic E-state index is 9.08. The van der Waals surface area contributed by atoms with E-state index < -0.39 is 0 Å². The van der Waals surface area contributed by atoms with Crippen LogP contribution in [-0.2, 0) is 11.3 Å². The summed E-state index contributed by atoms with van der Waals surface area (Å²) in [6.07, 6.45) is 1.49. The lowest BCUT2D eigenvalue weighted by Gasteiger charge is -2.31. The SMILES string of the molecule is O[C@H]1C[C@@H](OCc2ccc(Cl)c(Cl)c2)C1. The van der Waals surface area contributed by atoms with Gasteiger partial charge in [0.15, 0.2) is 0 Å². The maximum absolute atomic E-state index is 9.08. The first-order valence-electron chi connectivity index (χ1n) is 4.89. The predicted molar refractivity (Wildman–Crippen MR) is 60.3 cm³/mol. The smallest absolute Gasteiger partial charge is 0.0721 e. The van der Waals surface area contributed by atoms with E-state index >= 15 is 0 Å². The van der Waals surface area contributed by atoms with Gasteiger partial charge in [-0.2, -0.15) is 0 Å². The first-order chi connectivity index (χ1) is 7.15. The number of hydrogen-bond acceptors (Lipinski definition) is 2. The Hall–Kier alpha value is -0.280. The predicted octanol–water partition coefficient (Wildman–Crippen LogP) is 3.03. The zero-order valence-corrected chi connectivity index (χ0v) is 9.63. The van der Waals surface area contributed by atoms with Crippen LogP contribution in [0.2, 0.25) is 10.0 Å². The Morgan fingerprint density at radius 1 is 1.27 bits per heavy atom. The van der Waals surface area contributed by atoms with Crippen molar-refractivity contribution in [1.82, 2.24) is 0 Å². The lowest BCUT2D eigenvalue weighted by atomic mass is 9.92. The van der Waals surface area contributed by atoms with Gasteiger partial charge in [0, 0.05) is 0 Å². The summed E-state index contributed by atoms with van der Waals surface area (Å²) >= 11 is 11.7. The number of halogens is 2. The van der Waals surface area contributed by atoms with Gasteiger partial charge in [-0.15, -0.1) is 0 Å². The molecule has 15 heavy (non-hydrogen) atoms. The molecule has 0 bridgehead atoms. The Morgan fingerprint density at radius 3 is 2.60 bits per heavy atom. The monoisotopic (exact) mass is 246 g/mol. The van der Waals surface area contributed by atoms with Gasteiger partial charge < -0.3 is 9.84 Å². The second-order valence-corrected chi connectivity index (χ2v) is 4.62. The average Bonchev–Trinajstić information content (AvgIpc) is 2.16. The zero-order valence-electron chi connectivity index (χ0n) is 8.12. The Bertz CT molecular complexity index is 348. The quantitative estimate of drug-likeness (QED) is 0.889. The largest absolute Gasteiger partial charge is 0.393 e. The fourth-order valence-corrected chi connectivity index (χ4v) is 1.84. The summed E-state index contributed by atoms with van der Waals surface area (Å²) < 4.78 is 5.57. The molecule has 0 heterocycles. The molecule has 1 aromatic carbocycles. The number of ether oxygens (including phenoxy) is 1. The molecule has 2 nitrogen and oxygen atoms in total. The van der Waals surface area contributed by atoms with Gasteiger partial charge in [0.2, 0.25) is 0 Å². The van der Waals surface area contributed by atoms with E-state index in [2.05, 4.69) is 0 Å². The highest BCUT2D eigenvalue weighted by molar-refractivity contribution is 6.41. The van der Waals surface area contributed by atoms with E-state index in [4.69, 9.17) is 33.0 Å². The van der Waals surface area contributed by atoms with Crippen molar-refractivity contribution in [1.29, 1.82) is 0 Å². The molecule has 0 saturated heterocycles. The lowest BCUT2D eigenvalue weighted by Crippen LogP contribution is -2.35. The number of aliphatic hydroxyl groups excluding tert-OH is 1. The summed E-state index contributed by atoms with van der Waals surface area (Å²) in [5.41, 5.74) is 1.01. The number of rotatable bonds is 3. The summed E-state index contributed by atoms with van der Waals surface area (Å²) in [6, 6.07) is 5.46. The summed E-state index contributed by atoms with van der Waals surface area (Å²) in [6.45, 7) is 0.522. The van der Waals surface area contributed by atoms with Crippen LogP contribution >= 0.6 is 23.2 Å². The lowest BCUT2D eigenvalue weighted by molar-refractivity contribution is -0.0778. The van der Waals surface area contributed by atoms with Crippen LogP contribution in [0.5, 0.6) is 0 Å². The topological polar surface area (TPSA) is 29.5 Å². The minimum absolute atomic E-state index is 0.177. The molecule has 0 spiro atoms. The molecule has 0 unspecified atom stereocenters. The van der Waals surface area contributed by atoms with Gasteiger partial charge in [-0.05, 0) is 30.5 Å². The van der Waals surface area contributed by atoms with Gasteiger partial charge in [-0.25, -0.2) is 0 Å². The molecule has 1 N–H and O–H groups in total. The Morgan fingerprint density at radius 2 is 2.00 bits per heavy atom. The van der Waals surface area contributed by atoms with Crippen molar-refractivity contribution in [2.75, 3.05) is 0 Å². The third-order valence-corrected chi connectivity index (χ3v) is 3.28. The van der Waals surface area contributed by atoms with Gasteiger partial charge in [-0.3, -0.25) is 0 Å². The van der Waals surface area contributed by atoms with E-state index in [1.165, 1.54) is 0 Å². The molecule has 0 aromatic heterocycles. The molecular weight excluding hydrogens is 235 g/mol. The van der Waals surface area contributed by atoms with Crippen molar-refractivity contribution >= 4 is 23.2 Å². The van der Waals surface area contributed by atoms with Crippen LogP contribution in [0.1, 0.15) is 18.4 Å². The van der Waals surface area contributed by atoms with Crippen molar-refractivity contribution in [2.45, 2.75) is 31.7 Å². The first kappa shape index (κ1) is 11.2. The van der Waals surface area contributed by atoms with Gasteiger partial charge in [0.05, 0.1) is 28.9 Å². The standard InChI is InChI=1S/C11H12Cl2O2/c12-10-2-1-7(3-11(10)13)6-15-9-4-8(14)5-9/h1-3,8-9,14H,4-6H2/t8-,9+. The normalized spacial score (nSPS) is 25.0. The fraction of sp³-hybridized carbons (Fsp3) is 0.455. The van der Waals surface area contributed by atoms with Crippen LogP contribution in [-0.4, -0.2) is 17.3 Å². The molecule has 1 aliphatic rings. The molecule has 4 heteroatoms. The molecule has 1 fully saturated rings. The third kappa shape index (κ3) is 2.85. The summed E-state index contributed by atoms with van der Waals surface area (Å²) in [5, 5.41) is 10.2. The Labute approximate surface area is 98.8 Å². The first-order valence-corrected chi connectivity index (χ1v) is 5.64. The van der Waals surface area contributed by atoms with Crippen molar-refractivity contribution in [3.8, 4) is 0 Å². The van der Waals surface area contributed by atoms with Crippen LogP contribution in [0, 0.1) is 0 Å². The fourth-order valence-electron chi connectivity index (χ4n) is 1.52. The van der Waals surface area contributed by atoms with E-state index in [9.17, 15) is 0 Å². The molecule has 0 radical (unpaired) electrons. The van der Waals surface area contributed by atoms with Crippen molar-refractivity contribution in [3.05, 3.63) is 33.8 Å². The second kappa shape index (κ2) is 4.71. The minimum atomic E-state index is -0.177. The van der Waals surface area contributed by atoms with Crippen LogP contribution in [0.25, 0.3) is 0 Å². The summed E-state index contributed by atoms with van der Waals surface area (Å²) in [4.78, 5) is 0. The highest BCUT2D eigenvalue weighted by Crippen LogP contribution is 2.26. The van der Waals surface area contributed by atoms with E-state index in [1.807, 2.05) is 6.07 Å².